The van der Waals surface area contributed by atoms with Gasteiger partial charge in [-0.2, -0.15) is 0 Å². The predicted octanol–water partition coefficient (Wildman–Crippen LogP) is -0.478. The van der Waals surface area contributed by atoms with Crippen LogP contribution < -0.4 is 0 Å². The van der Waals surface area contributed by atoms with E-state index in [9.17, 15) is 0 Å². The number of hydrogen-bond donors (Lipinski definition) is 0. The molecule has 0 saturated heterocycles. The topological polar surface area (TPSA) is 286 Å². The molecule has 0 rings (SSSR count). The van der Waals surface area contributed by atoms with Crippen LogP contribution in [0.25, 0.3) is 0 Å². The Morgan fingerprint density at radius 1 is 0.385 bits per heavy atom. The zero-order valence-electron chi connectivity index (χ0n) is 25.8. The van der Waals surface area contributed by atoms with Gasteiger partial charge < -0.3 is 43.8 Å². The second kappa shape index (κ2) is 83.2. The zero-order valence-corrected chi connectivity index (χ0v) is 25.8. The third kappa shape index (κ3) is 62.6. The second-order valence-electron chi connectivity index (χ2n) is 8.06. The fourth-order valence-electron chi connectivity index (χ4n) is 4.28. The van der Waals surface area contributed by atoms with Gasteiger partial charge in [-0.1, -0.05) is 106 Å². The van der Waals surface area contributed by atoms with E-state index in [1.165, 1.54) is 83.5 Å². The second-order valence-corrected chi connectivity index (χ2v) is 8.06. The Balaban J connectivity index is -0.0000000264. The quantitative estimate of drug-likeness (QED) is 0.177. The molecule has 16 N–H and O–H groups in total. The maximum absolute atomic E-state index is 7.75. The summed E-state index contributed by atoms with van der Waals surface area (Å²) in [7, 11) is 6.50. The first kappa shape index (κ1) is 97.9. The zero-order chi connectivity index (χ0) is 21.5. The van der Waals surface area contributed by atoms with Crippen LogP contribution in [0.5, 0.6) is 0 Å². The van der Waals surface area contributed by atoms with Crippen LogP contribution >= 0.6 is 0 Å². The average Bonchev–Trinajstić information content (AvgIpc) is 2.74. The SMILES string of the molecule is CCCCCCC(CC(CC)CC)CC(CC)CC(CC)CC.O.O.O.O.O.O.O.O.[B].[B].[B].[B].[B]=O.[B]=O. The molecule has 2 atom stereocenters. The van der Waals surface area contributed by atoms with Gasteiger partial charge in [0.15, 0.2) is 0 Å². The molecule has 14 radical (unpaired) electrons. The summed E-state index contributed by atoms with van der Waals surface area (Å²) in [6.07, 6.45) is 18.6. The summed E-state index contributed by atoms with van der Waals surface area (Å²) in [6.45, 7) is 14.3. The predicted molar refractivity (Wildman–Crippen MR) is 173 cm³/mol. The molecule has 0 fully saturated rings. The Kier molecular flexibility index (Phi) is 209. The molecule has 0 aliphatic rings. The normalized spacial score (nSPS) is 8.77. The summed E-state index contributed by atoms with van der Waals surface area (Å²) < 4.78 is 15.5. The van der Waals surface area contributed by atoms with E-state index in [-0.39, 0.29) is 77.5 Å². The Morgan fingerprint density at radius 3 is 0.897 bits per heavy atom. The molecule has 0 spiro atoms. The first-order valence-corrected chi connectivity index (χ1v) is 11.6. The van der Waals surface area contributed by atoms with Gasteiger partial charge in [0.05, 0.1) is 0 Å². The minimum atomic E-state index is 0. The van der Waals surface area contributed by atoms with Crippen molar-refractivity contribution in [2.24, 2.45) is 23.7 Å². The molecular weight excluding hydrogens is 501 g/mol. The summed E-state index contributed by atoms with van der Waals surface area (Å²) >= 11 is 0. The van der Waals surface area contributed by atoms with E-state index in [1.54, 1.807) is 0 Å². The van der Waals surface area contributed by atoms with Crippen molar-refractivity contribution in [1.82, 2.24) is 0 Å². The van der Waals surface area contributed by atoms with E-state index in [2.05, 4.69) is 57.0 Å². The monoisotopic (exact) mass is 567 g/mol. The molecule has 39 heavy (non-hydrogen) atoms. The Morgan fingerprint density at radius 2 is 0.641 bits per heavy atom. The van der Waals surface area contributed by atoms with Gasteiger partial charge in [0.1, 0.15) is 0 Å². The van der Waals surface area contributed by atoms with Crippen molar-refractivity contribution in [3.05, 3.63) is 0 Å². The third-order valence-corrected chi connectivity index (χ3v) is 6.35. The molecule has 0 bridgehead atoms. The fourth-order valence-corrected chi connectivity index (χ4v) is 4.28. The van der Waals surface area contributed by atoms with E-state index in [1.807, 2.05) is 0 Å². The molecule has 0 aromatic rings. The molecule has 0 aromatic heterocycles. The number of unbranched alkanes of at least 4 members (excludes halogenated alkanes) is 3. The van der Waals surface area contributed by atoms with E-state index in [0.29, 0.717) is 0 Å². The van der Waals surface area contributed by atoms with Crippen LogP contribution in [0.4, 0.5) is 0 Å². The average molecular weight is 566 g/mol. The fraction of sp³-hybridized carbons (Fsp3) is 1.00. The molecule has 0 aromatic carbocycles. The Hall–Kier alpha value is -0.330. The molecule has 0 amide bonds. The van der Waals surface area contributed by atoms with Gasteiger partial charge >= 0.3 is 24.8 Å². The van der Waals surface area contributed by atoms with Crippen molar-refractivity contribution >= 4 is 49.1 Å². The Bertz CT molecular complexity index is 300. The van der Waals surface area contributed by atoms with Gasteiger partial charge in [-0.15, -0.1) is 0 Å². The summed E-state index contributed by atoms with van der Waals surface area (Å²) in [5.41, 5.74) is 0. The van der Waals surface area contributed by atoms with Crippen LogP contribution in [0.15, 0.2) is 0 Å². The first-order chi connectivity index (χ1) is 13.1. The minimum absolute atomic E-state index is 0. The third-order valence-electron chi connectivity index (χ3n) is 6.35. The van der Waals surface area contributed by atoms with Gasteiger partial charge in [0.25, 0.3) is 0 Å². The van der Waals surface area contributed by atoms with Crippen LogP contribution in [0.1, 0.15) is 125 Å². The summed E-state index contributed by atoms with van der Waals surface area (Å²) in [5.74, 6) is 3.91. The van der Waals surface area contributed by atoms with E-state index in [4.69, 9.17) is 9.41 Å². The Labute approximate surface area is 251 Å². The number of hydrogen-bond acceptors (Lipinski definition) is 2. The molecule has 0 aliphatic carbocycles. The van der Waals surface area contributed by atoms with Crippen molar-refractivity contribution in [1.29, 1.82) is 0 Å². The van der Waals surface area contributed by atoms with Crippen molar-refractivity contribution in [2.75, 3.05) is 0 Å². The standard InChI is InChI=1S/C23H48.2BO.4B.8H2O/c1-7-13-14-15-16-23(18-21(10-4)11-5)19-22(12-6)17-20(8-2)9-3;2*1-2;;;;;;;;;;;;/h20-23H,7-19H2,1-6H3;;;;;;;8*1H2. The van der Waals surface area contributed by atoms with Crippen molar-refractivity contribution in [3.8, 4) is 0 Å². The molecular formula is C23H64B6O10. The van der Waals surface area contributed by atoms with Crippen LogP contribution in [-0.4, -0.2) is 92.9 Å². The van der Waals surface area contributed by atoms with Crippen molar-refractivity contribution in [3.63, 3.8) is 0 Å². The van der Waals surface area contributed by atoms with E-state index < -0.39 is 0 Å². The van der Waals surface area contributed by atoms with Gasteiger partial charge in [-0.3, -0.25) is 0 Å². The van der Waals surface area contributed by atoms with Crippen LogP contribution in [0, 0.1) is 23.7 Å². The van der Waals surface area contributed by atoms with Crippen molar-refractivity contribution in [2.45, 2.75) is 125 Å². The molecule has 2 unspecified atom stereocenters. The van der Waals surface area contributed by atoms with Gasteiger partial charge in [-0.25, -0.2) is 0 Å². The molecule has 10 nitrogen and oxygen atoms in total. The van der Waals surface area contributed by atoms with Gasteiger partial charge in [0.2, 0.25) is 0 Å². The maximum atomic E-state index is 7.75. The number of rotatable bonds is 16. The molecule has 16 heteroatoms. The molecule has 0 heterocycles. The molecule has 0 aliphatic heterocycles. The molecule has 0 saturated carbocycles. The van der Waals surface area contributed by atoms with Crippen molar-refractivity contribution < 1.29 is 53.2 Å². The van der Waals surface area contributed by atoms with E-state index in [0.717, 1.165) is 23.7 Å². The van der Waals surface area contributed by atoms with Gasteiger partial charge in [-0.05, 0) is 42.9 Å². The van der Waals surface area contributed by atoms with E-state index >= 15 is 0 Å². The summed E-state index contributed by atoms with van der Waals surface area (Å²) in [6, 6.07) is 0. The van der Waals surface area contributed by atoms with Gasteiger partial charge in [0, 0.05) is 33.7 Å². The first-order valence-electron chi connectivity index (χ1n) is 11.6. The van der Waals surface area contributed by atoms with Crippen LogP contribution in [0.2, 0.25) is 0 Å². The molecule has 234 valence electrons. The summed E-state index contributed by atoms with van der Waals surface area (Å²) in [5, 5.41) is 0. The summed E-state index contributed by atoms with van der Waals surface area (Å²) in [4.78, 5) is 0. The van der Waals surface area contributed by atoms with Crippen LogP contribution in [-0.2, 0) is 9.41 Å². The van der Waals surface area contributed by atoms with Crippen LogP contribution in [0.3, 0.4) is 0 Å².